The number of nitrogens with one attached hydrogen (secondary N) is 1. The number of nitrogens with zero attached hydrogens (tertiary/aromatic N) is 2. The quantitative estimate of drug-likeness (QED) is 0.620. The molecule has 1 aliphatic rings. The van der Waals surface area contributed by atoms with Crippen LogP contribution in [0.15, 0.2) is 54.6 Å². The van der Waals surface area contributed by atoms with Gasteiger partial charge in [0.2, 0.25) is 0 Å². The zero-order chi connectivity index (χ0) is 21.8. The summed E-state index contributed by atoms with van der Waals surface area (Å²) in [6, 6.07) is 15.7. The molecular formula is C24H25ClFN3O2. The van der Waals surface area contributed by atoms with E-state index in [1.54, 1.807) is 34.9 Å². The van der Waals surface area contributed by atoms with E-state index in [1.165, 1.54) is 6.07 Å². The Morgan fingerprint density at radius 2 is 1.84 bits per heavy atom. The Hall–Kier alpha value is -2.67. The average Bonchev–Trinajstić information content (AvgIpc) is 3.12. The van der Waals surface area contributed by atoms with Crippen LogP contribution in [0, 0.1) is 12.7 Å². The fourth-order valence-electron chi connectivity index (χ4n) is 3.86. The monoisotopic (exact) mass is 441 g/mol. The molecule has 1 N–H and O–H groups in total. The summed E-state index contributed by atoms with van der Waals surface area (Å²) in [5, 5.41) is 3.62. The lowest BCUT2D eigenvalue weighted by Gasteiger charge is -2.26. The van der Waals surface area contributed by atoms with Crippen molar-refractivity contribution >= 4 is 17.5 Å². The Kier molecular flexibility index (Phi) is 6.70. The molecule has 0 atom stereocenters. The van der Waals surface area contributed by atoms with E-state index >= 15 is 0 Å². The second-order valence-corrected chi connectivity index (χ2v) is 7.97. The number of carbonyl (C=O) groups excluding carboxylic acids is 1. The standard InChI is InChI=1S/C24H25ClFN3O2/c1-17-20(24(30)27-10-11-28-12-14-31-15-13-28)16-23(18-6-8-19(25)9-7-18)29(17)22-5-3-2-4-21(22)26/h2-9,16H,10-15H2,1H3,(H,27,30). The van der Waals surface area contributed by atoms with Gasteiger partial charge in [0.1, 0.15) is 5.82 Å². The molecular weight excluding hydrogens is 417 g/mol. The molecule has 7 heteroatoms. The molecule has 162 valence electrons. The van der Waals surface area contributed by atoms with Gasteiger partial charge in [0.15, 0.2) is 0 Å². The largest absolute Gasteiger partial charge is 0.379 e. The summed E-state index contributed by atoms with van der Waals surface area (Å²) in [5.41, 5.74) is 3.19. The highest BCUT2D eigenvalue weighted by Crippen LogP contribution is 2.31. The van der Waals surface area contributed by atoms with Crippen molar-refractivity contribution in [3.05, 3.63) is 76.7 Å². The second kappa shape index (κ2) is 9.64. The van der Waals surface area contributed by atoms with Crippen LogP contribution in [0.4, 0.5) is 4.39 Å². The van der Waals surface area contributed by atoms with Crippen molar-refractivity contribution in [3.63, 3.8) is 0 Å². The van der Waals surface area contributed by atoms with Crippen LogP contribution < -0.4 is 5.32 Å². The Labute approximate surface area is 186 Å². The number of rotatable bonds is 6. The van der Waals surface area contributed by atoms with Gasteiger partial charge in [-0.3, -0.25) is 9.69 Å². The Morgan fingerprint density at radius 3 is 2.55 bits per heavy atom. The molecule has 0 spiro atoms. The Morgan fingerprint density at radius 1 is 1.13 bits per heavy atom. The average molecular weight is 442 g/mol. The van der Waals surface area contributed by atoms with Gasteiger partial charge < -0.3 is 14.6 Å². The number of ether oxygens (including phenoxy) is 1. The minimum absolute atomic E-state index is 0.170. The van der Waals surface area contributed by atoms with Gasteiger partial charge in [-0.25, -0.2) is 4.39 Å². The van der Waals surface area contributed by atoms with Crippen molar-refractivity contribution in [2.45, 2.75) is 6.92 Å². The molecule has 2 aromatic carbocycles. The van der Waals surface area contributed by atoms with E-state index in [2.05, 4.69) is 10.2 Å². The van der Waals surface area contributed by atoms with Gasteiger partial charge in [0.05, 0.1) is 30.2 Å². The van der Waals surface area contributed by atoms with Crippen LogP contribution >= 0.6 is 11.6 Å². The predicted molar refractivity (Wildman–Crippen MR) is 121 cm³/mol. The summed E-state index contributed by atoms with van der Waals surface area (Å²) in [6.07, 6.45) is 0. The SMILES string of the molecule is Cc1c(C(=O)NCCN2CCOCC2)cc(-c2ccc(Cl)cc2)n1-c1ccccc1F. The van der Waals surface area contributed by atoms with Gasteiger partial charge in [-0.1, -0.05) is 35.9 Å². The van der Waals surface area contributed by atoms with Gasteiger partial charge >= 0.3 is 0 Å². The number of benzene rings is 2. The first-order chi connectivity index (χ1) is 15.0. The zero-order valence-electron chi connectivity index (χ0n) is 17.4. The normalized spacial score (nSPS) is 14.5. The topological polar surface area (TPSA) is 46.5 Å². The fraction of sp³-hybridized carbons (Fsp3) is 0.292. The number of carbonyl (C=O) groups is 1. The van der Waals surface area contributed by atoms with E-state index < -0.39 is 0 Å². The van der Waals surface area contributed by atoms with Crippen LogP contribution in [0.3, 0.4) is 0 Å². The van der Waals surface area contributed by atoms with E-state index in [1.807, 2.05) is 25.1 Å². The van der Waals surface area contributed by atoms with Crippen molar-refractivity contribution in [2.75, 3.05) is 39.4 Å². The van der Waals surface area contributed by atoms with Gasteiger partial charge in [-0.2, -0.15) is 0 Å². The lowest BCUT2D eigenvalue weighted by molar-refractivity contribution is 0.0383. The van der Waals surface area contributed by atoms with Gasteiger partial charge in [0, 0.05) is 36.9 Å². The molecule has 3 aromatic rings. The third kappa shape index (κ3) is 4.82. The summed E-state index contributed by atoms with van der Waals surface area (Å²) in [4.78, 5) is 15.3. The molecule has 5 nitrogen and oxygen atoms in total. The van der Waals surface area contributed by atoms with E-state index in [0.29, 0.717) is 28.5 Å². The number of hydrogen-bond donors (Lipinski definition) is 1. The first-order valence-corrected chi connectivity index (χ1v) is 10.7. The van der Waals surface area contributed by atoms with Crippen molar-refractivity contribution < 1.29 is 13.9 Å². The highest BCUT2D eigenvalue weighted by atomic mass is 35.5. The molecule has 31 heavy (non-hydrogen) atoms. The fourth-order valence-corrected chi connectivity index (χ4v) is 3.99. The summed E-state index contributed by atoms with van der Waals surface area (Å²) in [5.74, 6) is -0.522. The van der Waals surface area contributed by atoms with E-state index in [4.69, 9.17) is 16.3 Å². The van der Waals surface area contributed by atoms with E-state index in [9.17, 15) is 9.18 Å². The number of amides is 1. The van der Waals surface area contributed by atoms with Crippen LogP contribution in [-0.4, -0.2) is 54.8 Å². The molecule has 0 unspecified atom stereocenters. The second-order valence-electron chi connectivity index (χ2n) is 7.53. The molecule has 0 saturated carbocycles. The number of halogens is 2. The summed E-state index contributed by atoms with van der Waals surface area (Å²) in [7, 11) is 0. The van der Waals surface area contributed by atoms with Gasteiger partial charge in [-0.05, 0) is 42.8 Å². The lowest BCUT2D eigenvalue weighted by Crippen LogP contribution is -2.41. The third-order valence-electron chi connectivity index (χ3n) is 5.54. The van der Waals surface area contributed by atoms with Crippen LogP contribution in [0.25, 0.3) is 16.9 Å². The minimum Gasteiger partial charge on any atom is -0.379 e. The first kappa shape index (κ1) is 21.6. The van der Waals surface area contributed by atoms with Crippen LogP contribution in [0.2, 0.25) is 5.02 Å². The maximum atomic E-state index is 14.7. The molecule has 1 aromatic heterocycles. The van der Waals surface area contributed by atoms with Gasteiger partial charge in [-0.15, -0.1) is 0 Å². The predicted octanol–water partition coefficient (Wildman–Crippen LogP) is 4.31. The summed E-state index contributed by atoms with van der Waals surface area (Å²) < 4.78 is 21.8. The summed E-state index contributed by atoms with van der Waals surface area (Å²) in [6.45, 7) is 6.35. The number of morpholine rings is 1. The number of aromatic nitrogens is 1. The van der Waals surface area contributed by atoms with Crippen molar-refractivity contribution in [1.82, 2.24) is 14.8 Å². The minimum atomic E-state index is -0.351. The Balaban J connectivity index is 1.63. The molecule has 1 saturated heterocycles. The van der Waals surface area contributed by atoms with E-state index in [-0.39, 0.29) is 11.7 Å². The number of hydrogen-bond acceptors (Lipinski definition) is 3. The van der Waals surface area contributed by atoms with Crippen LogP contribution in [0.1, 0.15) is 16.1 Å². The Bertz CT molecular complexity index is 1060. The molecule has 0 aliphatic carbocycles. The molecule has 0 radical (unpaired) electrons. The first-order valence-electron chi connectivity index (χ1n) is 10.4. The zero-order valence-corrected chi connectivity index (χ0v) is 18.2. The van der Waals surface area contributed by atoms with Crippen molar-refractivity contribution in [2.24, 2.45) is 0 Å². The third-order valence-corrected chi connectivity index (χ3v) is 5.79. The molecule has 1 amide bonds. The molecule has 1 aliphatic heterocycles. The van der Waals surface area contributed by atoms with Crippen molar-refractivity contribution in [1.29, 1.82) is 0 Å². The molecule has 1 fully saturated rings. The van der Waals surface area contributed by atoms with E-state index in [0.717, 1.165) is 44.1 Å². The van der Waals surface area contributed by atoms with Crippen LogP contribution in [-0.2, 0) is 4.74 Å². The van der Waals surface area contributed by atoms with Crippen molar-refractivity contribution in [3.8, 4) is 16.9 Å². The summed E-state index contributed by atoms with van der Waals surface area (Å²) >= 11 is 6.05. The molecule has 2 heterocycles. The number of para-hydroxylation sites is 1. The molecule has 4 rings (SSSR count). The smallest absolute Gasteiger partial charge is 0.253 e. The van der Waals surface area contributed by atoms with Gasteiger partial charge in [0.25, 0.3) is 5.91 Å². The lowest BCUT2D eigenvalue weighted by atomic mass is 10.1. The highest BCUT2D eigenvalue weighted by molar-refractivity contribution is 6.30. The molecule has 0 bridgehead atoms. The maximum Gasteiger partial charge on any atom is 0.253 e. The highest BCUT2D eigenvalue weighted by Gasteiger charge is 2.21. The van der Waals surface area contributed by atoms with Crippen LogP contribution in [0.5, 0.6) is 0 Å². The maximum absolute atomic E-state index is 14.7.